The lowest BCUT2D eigenvalue weighted by molar-refractivity contribution is -0.117. The zero-order valence-electron chi connectivity index (χ0n) is 14.5. The van der Waals surface area contributed by atoms with Gasteiger partial charge in [-0.15, -0.1) is 11.3 Å². The number of nitrogens with zero attached hydrogens (tertiary/aromatic N) is 1. The summed E-state index contributed by atoms with van der Waals surface area (Å²) in [5.74, 6) is 0.365. The van der Waals surface area contributed by atoms with Gasteiger partial charge >= 0.3 is 0 Å². The number of benzene rings is 1. The number of carbonyl (C=O) groups excluding carboxylic acids is 2. The summed E-state index contributed by atoms with van der Waals surface area (Å²) in [6.45, 7) is 1.60. The Balaban J connectivity index is 1.76. The fourth-order valence-electron chi connectivity index (χ4n) is 2.49. The predicted octanol–water partition coefficient (Wildman–Crippen LogP) is 2.40. The van der Waals surface area contributed by atoms with Crippen molar-refractivity contribution in [2.24, 2.45) is 0 Å². The van der Waals surface area contributed by atoms with Gasteiger partial charge in [0.1, 0.15) is 11.7 Å². The molecule has 0 aliphatic rings. The van der Waals surface area contributed by atoms with E-state index in [1.165, 1.54) is 18.4 Å². The van der Waals surface area contributed by atoms with Gasteiger partial charge in [-0.1, -0.05) is 0 Å². The van der Waals surface area contributed by atoms with Crippen molar-refractivity contribution >= 4 is 39.2 Å². The fourth-order valence-corrected chi connectivity index (χ4v) is 3.02. The number of H-pyrrole nitrogens is 1. The van der Waals surface area contributed by atoms with Gasteiger partial charge in [-0.2, -0.15) is 0 Å². The molecule has 8 nitrogen and oxygen atoms in total. The second-order valence-corrected chi connectivity index (χ2v) is 6.36. The highest BCUT2D eigenvalue weighted by molar-refractivity contribution is 7.13. The molecule has 0 fully saturated rings. The second kappa shape index (κ2) is 7.44. The third-order valence-corrected chi connectivity index (χ3v) is 4.48. The van der Waals surface area contributed by atoms with Gasteiger partial charge < -0.3 is 25.1 Å². The normalized spacial score (nSPS) is 11.8. The summed E-state index contributed by atoms with van der Waals surface area (Å²) >= 11 is 1.31. The number of nitrogens with one attached hydrogen (secondary N) is 3. The molecule has 0 radical (unpaired) electrons. The van der Waals surface area contributed by atoms with Gasteiger partial charge in [-0.05, 0) is 25.1 Å². The van der Waals surface area contributed by atoms with E-state index in [1.807, 2.05) is 0 Å². The molecule has 2 heterocycles. The van der Waals surface area contributed by atoms with E-state index in [1.54, 1.807) is 43.8 Å². The third-order valence-electron chi connectivity index (χ3n) is 3.79. The fraction of sp³-hybridized carbons (Fsp3) is 0.235. The third kappa shape index (κ3) is 3.47. The number of hydrogen-bond acceptors (Lipinski definition) is 6. The summed E-state index contributed by atoms with van der Waals surface area (Å²) in [7, 11) is 3.09. The number of aromatic amines is 1. The molecule has 0 spiro atoms. The molecule has 0 bridgehead atoms. The number of hydrogen-bond donors (Lipinski definition) is 3. The highest BCUT2D eigenvalue weighted by atomic mass is 32.1. The summed E-state index contributed by atoms with van der Waals surface area (Å²) in [6, 6.07) is 4.49. The molecule has 0 aliphatic heterocycles. The van der Waals surface area contributed by atoms with Gasteiger partial charge in [0.2, 0.25) is 5.91 Å². The quantitative estimate of drug-likeness (QED) is 0.614. The Hall–Kier alpha value is -3.07. The standard InChI is InChI=1S/C17H18N4O4S/c1-9(15(22)21-17-18-6-7-26-17)19-16(23)12-8-10-11(20-12)4-5-13(24-2)14(10)25-3/h4-9,20H,1-3H3,(H,19,23)(H,18,21,22)/t9-/m1/s1. The van der Waals surface area contributed by atoms with Crippen LogP contribution in [0.1, 0.15) is 17.4 Å². The monoisotopic (exact) mass is 374 g/mol. The van der Waals surface area contributed by atoms with Gasteiger partial charge in [0, 0.05) is 17.0 Å². The molecule has 0 aliphatic carbocycles. The summed E-state index contributed by atoms with van der Waals surface area (Å²) in [5.41, 5.74) is 1.05. The summed E-state index contributed by atoms with van der Waals surface area (Å²) in [5, 5.41) is 8.26. The van der Waals surface area contributed by atoms with Crippen molar-refractivity contribution in [1.82, 2.24) is 15.3 Å². The number of amides is 2. The molecule has 2 amide bonds. The Labute approximate surface area is 153 Å². The van der Waals surface area contributed by atoms with Crippen molar-refractivity contribution in [2.75, 3.05) is 19.5 Å². The number of aromatic nitrogens is 2. The lowest BCUT2D eigenvalue weighted by Gasteiger charge is -2.12. The van der Waals surface area contributed by atoms with Gasteiger partial charge in [0.25, 0.3) is 5.91 Å². The van der Waals surface area contributed by atoms with Crippen LogP contribution in [0, 0.1) is 0 Å². The van der Waals surface area contributed by atoms with E-state index in [0.717, 1.165) is 10.9 Å². The summed E-state index contributed by atoms with van der Waals surface area (Å²) < 4.78 is 10.6. The van der Waals surface area contributed by atoms with Crippen LogP contribution in [0.3, 0.4) is 0 Å². The molecule has 0 saturated heterocycles. The molecule has 3 rings (SSSR count). The minimum atomic E-state index is -0.728. The minimum Gasteiger partial charge on any atom is -0.493 e. The smallest absolute Gasteiger partial charge is 0.268 e. The molecular formula is C17H18N4O4S. The molecule has 0 saturated carbocycles. The lowest BCUT2D eigenvalue weighted by atomic mass is 10.2. The van der Waals surface area contributed by atoms with Gasteiger partial charge in [0.05, 0.1) is 19.7 Å². The Morgan fingerprint density at radius 1 is 1.27 bits per heavy atom. The number of fused-ring (bicyclic) bond motifs is 1. The zero-order chi connectivity index (χ0) is 18.7. The summed E-state index contributed by atoms with van der Waals surface area (Å²) in [4.78, 5) is 31.6. The van der Waals surface area contributed by atoms with E-state index in [0.29, 0.717) is 22.3 Å². The molecule has 0 unspecified atom stereocenters. The molecule has 136 valence electrons. The van der Waals surface area contributed by atoms with Crippen LogP contribution in [0.15, 0.2) is 29.8 Å². The molecule has 3 N–H and O–H groups in total. The van der Waals surface area contributed by atoms with Crippen molar-refractivity contribution < 1.29 is 19.1 Å². The molecule has 9 heteroatoms. The largest absolute Gasteiger partial charge is 0.493 e. The number of anilines is 1. The van der Waals surface area contributed by atoms with Crippen molar-refractivity contribution in [3.63, 3.8) is 0 Å². The molecule has 2 aromatic heterocycles. The predicted molar refractivity (Wildman–Crippen MR) is 99.1 cm³/mol. The van der Waals surface area contributed by atoms with E-state index in [9.17, 15) is 9.59 Å². The number of carbonyl (C=O) groups is 2. The van der Waals surface area contributed by atoms with E-state index in [2.05, 4.69) is 20.6 Å². The van der Waals surface area contributed by atoms with Crippen LogP contribution in [-0.4, -0.2) is 42.0 Å². The molecule has 1 atom stereocenters. The van der Waals surface area contributed by atoms with Crippen LogP contribution in [-0.2, 0) is 4.79 Å². The van der Waals surface area contributed by atoms with Gasteiger partial charge in [-0.3, -0.25) is 9.59 Å². The van der Waals surface area contributed by atoms with Crippen molar-refractivity contribution in [3.05, 3.63) is 35.5 Å². The van der Waals surface area contributed by atoms with Crippen molar-refractivity contribution in [1.29, 1.82) is 0 Å². The summed E-state index contributed by atoms with van der Waals surface area (Å²) in [6.07, 6.45) is 1.59. The first-order valence-corrected chi connectivity index (χ1v) is 8.66. The Bertz CT molecular complexity index is 936. The second-order valence-electron chi connectivity index (χ2n) is 5.47. The maximum atomic E-state index is 12.5. The van der Waals surface area contributed by atoms with Crippen molar-refractivity contribution in [3.8, 4) is 11.5 Å². The van der Waals surface area contributed by atoms with Crippen LogP contribution < -0.4 is 20.1 Å². The highest BCUT2D eigenvalue weighted by Gasteiger charge is 2.20. The Morgan fingerprint density at radius 3 is 2.73 bits per heavy atom. The SMILES string of the molecule is COc1ccc2[nH]c(C(=O)N[C@H](C)C(=O)Nc3nccs3)cc2c1OC. The average Bonchev–Trinajstić information content (AvgIpc) is 3.29. The zero-order valence-corrected chi connectivity index (χ0v) is 15.3. The molecule has 26 heavy (non-hydrogen) atoms. The van der Waals surface area contributed by atoms with Gasteiger partial charge in [-0.25, -0.2) is 4.98 Å². The topological polar surface area (TPSA) is 105 Å². The van der Waals surface area contributed by atoms with Crippen LogP contribution in [0.25, 0.3) is 10.9 Å². The first-order chi connectivity index (χ1) is 12.5. The number of ether oxygens (including phenoxy) is 2. The molecular weight excluding hydrogens is 356 g/mol. The Morgan fingerprint density at radius 2 is 2.08 bits per heavy atom. The Kier molecular flexibility index (Phi) is 5.08. The first kappa shape index (κ1) is 17.7. The maximum Gasteiger partial charge on any atom is 0.268 e. The van der Waals surface area contributed by atoms with E-state index in [-0.39, 0.29) is 5.91 Å². The average molecular weight is 374 g/mol. The van der Waals surface area contributed by atoms with Gasteiger partial charge in [0.15, 0.2) is 16.6 Å². The van der Waals surface area contributed by atoms with Crippen LogP contribution >= 0.6 is 11.3 Å². The van der Waals surface area contributed by atoms with Crippen molar-refractivity contribution in [2.45, 2.75) is 13.0 Å². The van der Waals surface area contributed by atoms with Crippen LogP contribution in [0.5, 0.6) is 11.5 Å². The molecule has 1 aromatic carbocycles. The van der Waals surface area contributed by atoms with E-state index >= 15 is 0 Å². The highest BCUT2D eigenvalue weighted by Crippen LogP contribution is 2.35. The lowest BCUT2D eigenvalue weighted by Crippen LogP contribution is -2.41. The number of methoxy groups -OCH3 is 2. The van der Waals surface area contributed by atoms with E-state index in [4.69, 9.17) is 9.47 Å². The number of rotatable bonds is 6. The first-order valence-electron chi connectivity index (χ1n) is 7.78. The van der Waals surface area contributed by atoms with E-state index < -0.39 is 11.9 Å². The number of thiazole rings is 1. The maximum absolute atomic E-state index is 12.5. The van der Waals surface area contributed by atoms with Crippen LogP contribution in [0.4, 0.5) is 5.13 Å². The molecule has 3 aromatic rings. The van der Waals surface area contributed by atoms with Crippen LogP contribution in [0.2, 0.25) is 0 Å². The minimum absolute atomic E-state index is 0.320.